The molecule has 2 aromatic rings. The molecular weight excluding hydrogens is 339 g/mol. The molecule has 1 aromatic heterocycles. The molecule has 0 spiro atoms. The number of likely N-dealkylation sites (tertiary alicyclic amines) is 1. The van der Waals surface area contributed by atoms with E-state index in [1.807, 2.05) is 9.47 Å². The molecule has 0 aliphatic carbocycles. The van der Waals surface area contributed by atoms with E-state index >= 15 is 0 Å². The van der Waals surface area contributed by atoms with Gasteiger partial charge in [-0.25, -0.2) is 4.39 Å². The molecule has 0 bridgehead atoms. The number of carbonyl (C=O) groups excluding carboxylic acids is 1. The highest BCUT2D eigenvalue weighted by Gasteiger charge is 2.21. The summed E-state index contributed by atoms with van der Waals surface area (Å²) in [4.78, 5) is 14.2. The summed E-state index contributed by atoms with van der Waals surface area (Å²) in [6.07, 6.45) is 2.16. The Morgan fingerprint density at radius 3 is 2.64 bits per heavy atom. The van der Waals surface area contributed by atoms with Crippen molar-refractivity contribution in [2.24, 2.45) is 5.92 Å². The Morgan fingerprint density at radius 2 is 1.96 bits per heavy atom. The number of hydrogen-bond donors (Lipinski definition) is 0. The van der Waals surface area contributed by atoms with Gasteiger partial charge in [-0.2, -0.15) is 0 Å². The van der Waals surface area contributed by atoms with E-state index in [4.69, 9.17) is 0 Å². The Labute approximate surface area is 151 Å². The fourth-order valence-electron chi connectivity index (χ4n) is 2.95. The van der Waals surface area contributed by atoms with Crippen molar-refractivity contribution in [3.63, 3.8) is 0 Å². The van der Waals surface area contributed by atoms with Crippen LogP contribution in [0, 0.1) is 11.7 Å². The molecule has 134 valence electrons. The van der Waals surface area contributed by atoms with Crippen molar-refractivity contribution >= 4 is 17.7 Å². The Kier molecular flexibility index (Phi) is 5.73. The zero-order valence-electron chi connectivity index (χ0n) is 14.6. The van der Waals surface area contributed by atoms with E-state index in [0.29, 0.717) is 34.8 Å². The molecule has 1 amide bonds. The summed E-state index contributed by atoms with van der Waals surface area (Å²) in [6.45, 7) is 6.55. The first-order chi connectivity index (χ1) is 12.1. The third-order valence-corrected chi connectivity index (χ3v) is 5.11. The fraction of sp³-hybridized carbons (Fsp3) is 0.500. The average molecular weight is 362 g/mol. The maximum Gasteiger partial charge on any atom is 0.233 e. The molecule has 0 radical (unpaired) electrons. The molecule has 0 saturated carbocycles. The first-order valence-electron chi connectivity index (χ1n) is 8.65. The lowest BCUT2D eigenvalue weighted by molar-refractivity contribution is -0.127. The van der Waals surface area contributed by atoms with Gasteiger partial charge < -0.3 is 9.47 Å². The Balaban J connectivity index is 1.81. The Morgan fingerprint density at radius 1 is 1.24 bits per heavy atom. The highest BCUT2D eigenvalue weighted by molar-refractivity contribution is 7.99. The molecule has 1 aliphatic heterocycles. The zero-order valence-corrected chi connectivity index (χ0v) is 15.4. The van der Waals surface area contributed by atoms with Crippen LogP contribution in [0.15, 0.2) is 29.4 Å². The van der Waals surface area contributed by atoms with E-state index in [1.54, 1.807) is 18.2 Å². The first-order valence-corrected chi connectivity index (χ1v) is 9.63. The second-order valence-electron chi connectivity index (χ2n) is 6.67. The maximum atomic E-state index is 14.2. The van der Waals surface area contributed by atoms with Gasteiger partial charge >= 0.3 is 0 Å². The van der Waals surface area contributed by atoms with E-state index in [9.17, 15) is 9.18 Å². The summed E-state index contributed by atoms with van der Waals surface area (Å²) in [7, 11) is 0. The smallest absolute Gasteiger partial charge is 0.233 e. The normalized spacial score (nSPS) is 14.5. The van der Waals surface area contributed by atoms with Gasteiger partial charge in [-0.1, -0.05) is 37.7 Å². The topological polar surface area (TPSA) is 51.0 Å². The van der Waals surface area contributed by atoms with E-state index in [1.165, 1.54) is 17.8 Å². The quantitative estimate of drug-likeness (QED) is 0.739. The van der Waals surface area contributed by atoms with E-state index in [-0.39, 0.29) is 11.7 Å². The van der Waals surface area contributed by atoms with Crippen LogP contribution >= 0.6 is 11.8 Å². The van der Waals surface area contributed by atoms with Crippen molar-refractivity contribution in [2.45, 2.75) is 38.4 Å². The molecule has 5 nitrogen and oxygen atoms in total. The van der Waals surface area contributed by atoms with Crippen LogP contribution in [-0.4, -0.2) is 44.4 Å². The fourth-order valence-corrected chi connectivity index (χ4v) is 3.80. The second-order valence-corrected chi connectivity index (χ2v) is 7.61. The van der Waals surface area contributed by atoms with Crippen molar-refractivity contribution in [2.75, 3.05) is 18.8 Å². The number of nitrogens with zero attached hydrogens (tertiary/aromatic N) is 4. The number of halogens is 1. The van der Waals surface area contributed by atoms with Crippen LogP contribution in [0.1, 0.15) is 26.7 Å². The molecule has 2 heterocycles. The van der Waals surface area contributed by atoms with E-state index in [0.717, 1.165) is 25.9 Å². The minimum absolute atomic E-state index is 0.133. The third kappa shape index (κ3) is 4.21. The van der Waals surface area contributed by atoms with Crippen LogP contribution in [0.3, 0.4) is 0 Å². The average Bonchev–Trinajstić information content (AvgIpc) is 3.23. The Bertz CT molecular complexity index is 740. The molecular formula is C18H23FN4OS. The van der Waals surface area contributed by atoms with Crippen LogP contribution in [0.2, 0.25) is 0 Å². The van der Waals surface area contributed by atoms with Gasteiger partial charge in [0.2, 0.25) is 5.91 Å². The van der Waals surface area contributed by atoms with Crippen molar-refractivity contribution < 1.29 is 9.18 Å². The van der Waals surface area contributed by atoms with Crippen molar-refractivity contribution in [1.82, 2.24) is 19.7 Å². The van der Waals surface area contributed by atoms with Crippen LogP contribution in [0.5, 0.6) is 0 Å². The summed E-state index contributed by atoms with van der Waals surface area (Å²) in [5.74, 6) is 1.03. The monoisotopic (exact) mass is 362 g/mol. The number of rotatable bonds is 6. The summed E-state index contributed by atoms with van der Waals surface area (Å²) < 4.78 is 16.1. The minimum Gasteiger partial charge on any atom is -0.342 e. The van der Waals surface area contributed by atoms with Gasteiger partial charge in [0.15, 0.2) is 11.0 Å². The van der Waals surface area contributed by atoms with E-state index in [2.05, 4.69) is 24.0 Å². The molecule has 1 aliphatic rings. The standard InChI is InChI=1S/C18H23FN4OS/c1-13(2)11-23-17(14-7-3-4-8-15(14)19)20-21-18(23)25-12-16(24)22-9-5-6-10-22/h3-4,7-8,13H,5-6,9-12H2,1-2H3. The molecule has 1 aromatic carbocycles. The molecule has 1 fully saturated rings. The number of amides is 1. The lowest BCUT2D eigenvalue weighted by Crippen LogP contribution is -2.29. The third-order valence-electron chi connectivity index (χ3n) is 4.16. The number of carbonyl (C=O) groups is 1. The predicted octanol–water partition coefficient (Wildman–Crippen LogP) is 3.45. The van der Waals surface area contributed by atoms with E-state index < -0.39 is 0 Å². The molecule has 0 atom stereocenters. The molecule has 1 saturated heterocycles. The molecule has 7 heteroatoms. The zero-order chi connectivity index (χ0) is 17.8. The summed E-state index contributed by atoms with van der Waals surface area (Å²) in [5.41, 5.74) is 0.438. The van der Waals surface area contributed by atoms with Gasteiger partial charge in [0, 0.05) is 19.6 Å². The van der Waals surface area contributed by atoms with Gasteiger partial charge in [-0.3, -0.25) is 4.79 Å². The second kappa shape index (κ2) is 7.99. The van der Waals surface area contributed by atoms with Crippen LogP contribution < -0.4 is 0 Å². The lowest BCUT2D eigenvalue weighted by Gasteiger charge is -2.15. The summed E-state index contributed by atoms with van der Waals surface area (Å²) >= 11 is 1.38. The van der Waals surface area contributed by atoms with Crippen molar-refractivity contribution in [3.8, 4) is 11.4 Å². The minimum atomic E-state index is -0.315. The predicted molar refractivity (Wildman–Crippen MR) is 96.8 cm³/mol. The van der Waals surface area contributed by atoms with Crippen molar-refractivity contribution in [3.05, 3.63) is 30.1 Å². The van der Waals surface area contributed by atoms with Crippen LogP contribution in [0.4, 0.5) is 4.39 Å². The van der Waals surface area contributed by atoms with Gasteiger partial charge in [-0.05, 0) is 30.9 Å². The number of thioether (sulfide) groups is 1. The van der Waals surface area contributed by atoms with Crippen LogP contribution in [-0.2, 0) is 11.3 Å². The van der Waals surface area contributed by atoms with Gasteiger partial charge in [-0.15, -0.1) is 10.2 Å². The summed E-state index contributed by atoms with van der Waals surface area (Å²) in [6, 6.07) is 6.58. The molecule has 0 N–H and O–H groups in total. The van der Waals surface area contributed by atoms with Gasteiger partial charge in [0.25, 0.3) is 0 Å². The van der Waals surface area contributed by atoms with Gasteiger partial charge in [0.1, 0.15) is 5.82 Å². The molecule has 25 heavy (non-hydrogen) atoms. The number of aromatic nitrogens is 3. The largest absolute Gasteiger partial charge is 0.342 e. The highest BCUT2D eigenvalue weighted by atomic mass is 32.2. The van der Waals surface area contributed by atoms with Crippen molar-refractivity contribution in [1.29, 1.82) is 0 Å². The lowest BCUT2D eigenvalue weighted by atomic mass is 10.2. The maximum absolute atomic E-state index is 14.2. The highest BCUT2D eigenvalue weighted by Crippen LogP contribution is 2.27. The summed E-state index contributed by atoms with van der Waals surface area (Å²) in [5, 5.41) is 9.09. The Hall–Kier alpha value is -1.89. The molecule has 3 rings (SSSR count). The SMILES string of the molecule is CC(C)Cn1c(SCC(=O)N2CCCC2)nnc1-c1ccccc1F. The molecule has 0 unspecified atom stereocenters. The number of hydrogen-bond acceptors (Lipinski definition) is 4. The van der Waals surface area contributed by atoms with Crippen LogP contribution in [0.25, 0.3) is 11.4 Å². The van der Waals surface area contributed by atoms with Gasteiger partial charge in [0.05, 0.1) is 11.3 Å². The first kappa shape index (κ1) is 17.9. The number of benzene rings is 1.